The molecule has 1 N–H and O–H groups in total. The van der Waals surface area contributed by atoms with Crippen LogP contribution < -0.4 is 5.32 Å². The number of esters is 1. The number of hydrogen-bond donors (Lipinski definition) is 1. The van der Waals surface area contributed by atoms with Crippen molar-refractivity contribution in [2.45, 2.75) is 6.61 Å². The van der Waals surface area contributed by atoms with Crippen molar-refractivity contribution < 1.29 is 14.3 Å². The normalized spacial score (nSPS) is 10.1. The Morgan fingerprint density at radius 2 is 1.73 bits per heavy atom. The number of carbonyl (C=O) groups excluding carboxylic acids is 2. The number of amides is 1. The van der Waals surface area contributed by atoms with Gasteiger partial charge in [-0.3, -0.25) is 9.59 Å². The zero-order chi connectivity index (χ0) is 15.9. The van der Waals surface area contributed by atoms with Crippen molar-refractivity contribution in [2.24, 2.45) is 0 Å². The first-order valence-electron chi connectivity index (χ1n) is 6.49. The molecule has 1 amide bonds. The molecular formula is C16H13Cl2NO3. The SMILES string of the molecule is O=C(CNC(=O)c1ccc(Cl)c(Cl)c1)OCc1ccccc1. The fraction of sp³-hybridized carbons (Fsp3) is 0.125. The molecule has 0 atom stereocenters. The average molecular weight is 338 g/mol. The van der Waals surface area contributed by atoms with Gasteiger partial charge in [-0.25, -0.2) is 0 Å². The van der Waals surface area contributed by atoms with E-state index in [4.69, 9.17) is 27.9 Å². The van der Waals surface area contributed by atoms with Crippen molar-refractivity contribution in [3.8, 4) is 0 Å². The summed E-state index contributed by atoms with van der Waals surface area (Å²) < 4.78 is 5.06. The van der Waals surface area contributed by atoms with Crippen LogP contribution in [-0.2, 0) is 16.1 Å². The van der Waals surface area contributed by atoms with E-state index >= 15 is 0 Å². The second-order valence-electron chi connectivity index (χ2n) is 4.46. The highest BCUT2D eigenvalue weighted by molar-refractivity contribution is 6.42. The van der Waals surface area contributed by atoms with Crippen LogP contribution in [0.5, 0.6) is 0 Å². The lowest BCUT2D eigenvalue weighted by atomic mass is 10.2. The smallest absolute Gasteiger partial charge is 0.325 e. The van der Waals surface area contributed by atoms with Gasteiger partial charge in [0.1, 0.15) is 13.2 Å². The molecule has 0 aliphatic heterocycles. The molecule has 0 saturated carbocycles. The van der Waals surface area contributed by atoms with Gasteiger partial charge in [0.05, 0.1) is 10.0 Å². The first-order chi connectivity index (χ1) is 10.6. The third kappa shape index (κ3) is 4.76. The molecule has 6 heteroatoms. The molecule has 0 spiro atoms. The molecule has 0 saturated heterocycles. The van der Waals surface area contributed by atoms with Crippen LogP contribution in [0.15, 0.2) is 48.5 Å². The number of benzene rings is 2. The summed E-state index contributed by atoms with van der Waals surface area (Å²) in [7, 11) is 0. The number of nitrogens with one attached hydrogen (secondary N) is 1. The predicted octanol–water partition coefficient (Wildman–Crippen LogP) is 3.47. The zero-order valence-electron chi connectivity index (χ0n) is 11.5. The molecule has 0 aliphatic carbocycles. The molecule has 0 aromatic heterocycles. The molecule has 0 radical (unpaired) electrons. The molecule has 22 heavy (non-hydrogen) atoms. The van der Waals surface area contributed by atoms with E-state index in [9.17, 15) is 9.59 Å². The van der Waals surface area contributed by atoms with Crippen LogP contribution in [0.25, 0.3) is 0 Å². The molecule has 0 aliphatic rings. The minimum absolute atomic E-state index is 0.169. The Balaban J connectivity index is 1.80. The number of rotatable bonds is 5. The van der Waals surface area contributed by atoms with Gasteiger partial charge in [0.15, 0.2) is 0 Å². The molecule has 4 nitrogen and oxygen atoms in total. The second-order valence-corrected chi connectivity index (χ2v) is 5.27. The highest BCUT2D eigenvalue weighted by Gasteiger charge is 2.10. The maximum Gasteiger partial charge on any atom is 0.325 e. The van der Waals surface area contributed by atoms with Crippen LogP contribution >= 0.6 is 23.2 Å². The first-order valence-corrected chi connectivity index (χ1v) is 7.24. The second kappa shape index (κ2) is 7.82. The third-order valence-corrected chi connectivity index (χ3v) is 3.56. The van der Waals surface area contributed by atoms with Gasteiger partial charge in [-0.05, 0) is 23.8 Å². The van der Waals surface area contributed by atoms with Crippen molar-refractivity contribution in [1.29, 1.82) is 0 Å². The van der Waals surface area contributed by atoms with Crippen LogP contribution in [0.4, 0.5) is 0 Å². The monoisotopic (exact) mass is 337 g/mol. The molecule has 0 unspecified atom stereocenters. The van der Waals surface area contributed by atoms with Crippen LogP contribution in [0.2, 0.25) is 10.0 Å². The predicted molar refractivity (Wildman–Crippen MR) is 85.0 cm³/mol. The molecule has 114 valence electrons. The van der Waals surface area contributed by atoms with Crippen LogP contribution in [-0.4, -0.2) is 18.4 Å². The Bertz CT molecular complexity index is 674. The van der Waals surface area contributed by atoms with Gasteiger partial charge in [0.25, 0.3) is 5.91 Å². The molecule has 2 aromatic rings. The minimum atomic E-state index is -0.516. The van der Waals surface area contributed by atoms with E-state index in [1.165, 1.54) is 18.2 Å². The van der Waals surface area contributed by atoms with Crippen LogP contribution in [0.1, 0.15) is 15.9 Å². The lowest BCUT2D eigenvalue weighted by molar-refractivity contribution is -0.143. The number of ether oxygens (including phenoxy) is 1. The summed E-state index contributed by atoms with van der Waals surface area (Å²) >= 11 is 11.6. The summed E-state index contributed by atoms with van der Waals surface area (Å²) in [6.07, 6.45) is 0. The van der Waals surface area contributed by atoms with E-state index in [1.807, 2.05) is 30.3 Å². The summed E-state index contributed by atoms with van der Waals surface area (Å²) in [4.78, 5) is 23.5. The maximum absolute atomic E-state index is 11.9. The summed E-state index contributed by atoms with van der Waals surface area (Å²) in [6.45, 7) is -0.0474. The Kier molecular flexibility index (Phi) is 5.81. The fourth-order valence-corrected chi connectivity index (χ4v) is 1.98. The lowest BCUT2D eigenvalue weighted by Crippen LogP contribution is -2.30. The molecule has 0 heterocycles. The largest absolute Gasteiger partial charge is 0.460 e. The maximum atomic E-state index is 11.9. The molecule has 0 fully saturated rings. The number of carbonyl (C=O) groups is 2. The summed E-state index contributed by atoms with van der Waals surface area (Å²) in [5, 5.41) is 3.11. The van der Waals surface area contributed by atoms with Gasteiger partial charge in [-0.2, -0.15) is 0 Å². The van der Waals surface area contributed by atoms with Gasteiger partial charge in [-0.1, -0.05) is 53.5 Å². The van der Waals surface area contributed by atoms with Gasteiger partial charge in [-0.15, -0.1) is 0 Å². The van der Waals surface area contributed by atoms with Gasteiger partial charge >= 0.3 is 5.97 Å². The van der Waals surface area contributed by atoms with Crippen molar-refractivity contribution in [3.63, 3.8) is 0 Å². The molecule has 0 bridgehead atoms. The van der Waals surface area contributed by atoms with E-state index in [2.05, 4.69) is 5.32 Å². The van der Waals surface area contributed by atoms with Gasteiger partial charge < -0.3 is 10.1 Å². The summed E-state index contributed by atoms with van der Waals surface area (Å²) in [5.74, 6) is -0.938. The van der Waals surface area contributed by atoms with E-state index in [1.54, 1.807) is 0 Å². The average Bonchev–Trinajstić information content (AvgIpc) is 2.54. The molecule has 2 rings (SSSR count). The zero-order valence-corrected chi connectivity index (χ0v) is 13.0. The summed E-state index contributed by atoms with van der Waals surface area (Å²) in [5.41, 5.74) is 1.21. The van der Waals surface area contributed by atoms with Gasteiger partial charge in [0, 0.05) is 5.56 Å². The van der Waals surface area contributed by atoms with Crippen molar-refractivity contribution in [3.05, 3.63) is 69.7 Å². The van der Waals surface area contributed by atoms with Crippen LogP contribution in [0, 0.1) is 0 Å². The third-order valence-electron chi connectivity index (χ3n) is 2.82. The van der Waals surface area contributed by atoms with E-state index < -0.39 is 11.9 Å². The number of halogens is 2. The minimum Gasteiger partial charge on any atom is -0.460 e. The number of hydrogen-bond acceptors (Lipinski definition) is 3. The Hall–Kier alpha value is -2.04. The highest BCUT2D eigenvalue weighted by atomic mass is 35.5. The van der Waals surface area contributed by atoms with Crippen molar-refractivity contribution in [2.75, 3.05) is 6.54 Å². The standard InChI is InChI=1S/C16H13Cl2NO3/c17-13-7-6-12(8-14(13)18)16(21)19-9-15(20)22-10-11-4-2-1-3-5-11/h1-8H,9-10H2,(H,19,21). The van der Waals surface area contributed by atoms with Crippen molar-refractivity contribution >= 4 is 35.1 Å². The van der Waals surface area contributed by atoms with E-state index in [-0.39, 0.29) is 18.2 Å². The van der Waals surface area contributed by atoms with E-state index in [0.29, 0.717) is 10.6 Å². The lowest BCUT2D eigenvalue weighted by Gasteiger charge is -2.07. The Labute approximate surface area is 138 Å². The first kappa shape index (κ1) is 16.3. The molecule has 2 aromatic carbocycles. The van der Waals surface area contributed by atoms with E-state index in [0.717, 1.165) is 5.56 Å². The Morgan fingerprint density at radius 1 is 1.00 bits per heavy atom. The fourth-order valence-electron chi connectivity index (χ4n) is 1.68. The van der Waals surface area contributed by atoms with Gasteiger partial charge in [0.2, 0.25) is 0 Å². The summed E-state index contributed by atoms with van der Waals surface area (Å²) in [6, 6.07) is 13.8. The Morgan fingerprint density at radius 3 is 2.41 bits per heavy atom. The topological polar surface area (TPSA) is 55.4 Å². The highest BCUT2D eigenvalue weighted by Crippen LogP contribution is 2.22. The van der Waals surface area contributed by atoms with Crippen LogP contribution in [0.3, 0.4) is 0 Å². The quantitative estimate of drug-likeness (QED) is 0.850. The van der Waals surface area contributed by atoms with Crippen molar-refractivity contribution in [1.82, 2.24) is 5.32 Å². The molecular weight excluding hydrogens is 325 g/mol.